The van der Waals surface area contributed by atoms with Crippen molar-refractivity contribution >= 4 is 41.6 Å². The number of aliphatic hydroxyl groups excluding tert-OH is 1. The van der Waals surface area contributed by atoms with Crippen LogP contribution in [0, 0.1) is 0 Å². The standard InChI is InChI=1S/C32H31N3O6/c1-2-40-30(37)29-28-27(36)18-24(34(28)32(39)41-20-21-10-4-3-5-11-21)19-33(29)31(38)35-25-14-8-6-12-22(25)16-17-23-13-7-9-15-26(23)35/h3-17,24,27-29,36H,2,18-20H2,1H3/t24-,27+,28+,29+/m1/s1. The van der Waals surface area contributed by atoms with Crippen molar-refractivity contribution in [3.8, 4) is 0 Å². The largest absolute Gasteiger partial charge is 0.464 e. The number of urea groups is 1. The van der Waals surface area contributed by atoms with Gasteiger partial charge in [-0.1, -0.05) is 78.9 Å². The number of piperazine rings is 1. The molecule has 210 valence electrons. The van der Waals surface area contributed by atoms with E-state index in [2.05, 4.69) is 0 Å². The average Bonchev–Trinajstić information content (AvgIpc) is 3.12. The first kappa shape index (κ1) is 26.6. The highest BCUT2D eigenvalue weighted by atomic mass is 16.6. The smallest absolute Gasteiger partial charge is 0.410 e. The van der Waals surface area contributed by atoms with Gasteiger partial charge in [0.25, 0.3) is 0 Å². The Morgan fingerprint density at radius 3 is 2.10 bits per heavy atom. The van der Waals surface area contributed by atoms with Crippen LogP contribution < -0.4 is 4.90 Å². The average molecular weight is 554 g/mol. The lowest BCUT2D eigenvalue weighted by molar-refractivity contribution is -0.153. The number of ether oxygens (including phenoxy) is 2. The van der Waals surface area contributed by atoms with Gasteiger partial charge in [0, 0.05) is 6.54 Å². The predicted molar refractivity (Wildman–Crippen MR) is 153 cm³/mol. The van der Waals surface area contributed by atoms with Gasteiger partial charge in [-0.15, -0.1) is 0 Å². The number of amides is 3. The number of fused-ring (bicyclic) bond motifs is 4. The van der Waals surface area contributed by atoms with E-state index in [0.717, 1.165) is 16.7 Å². The number of para-hydroxylation sites is 2. The molecule has 9 nitrogen and oxygen atoms in total. The van der Waals surface area contributed by atoms with Gasteiger partial charge in [0.15, 0.2) is 6.04 Å². The molecule has 2 saturated heterocycles. The normalized spacial score (nSPS) is 22.4. The molecule has 1 N–H and O–H groups in total. The van der Waals surface area contributed by atoms with Crippen LogP contribution in [0.3, 0.4) is 0 Å². The van der Waals surface area contributed by atoms with Crippen molar-refractivity contribution in [1.29, 1.82) is 0 Å². The zero-order valence-corrected chi connectivity index (χ0v) is 22.6. The topological polar surface area (TPSA) is 99.6 Å². The number of carbonyl (C=O) groups is 3. The summed E-state index contributed by atoms with van der Waals surface area (Å²) in [7, 11) is 0. The van der Waals surface area contributed by atoms with Crippen molar-refractivity contribution < 1.29 is 29.0 Å². The van der Waals surface area contributed by atoms with Gasteiger partial charge in [-0.3, -0.25) is 9.80 Å². The van der Waals surface area contributed by atoms with Crippen LogP contribution in [0.4, 0.5) is 21.0 Å². The van der Waals surface area contributed by atoms with Crippen molar-refractivity contribution in [2.75, 3.05) is 18.1 Å². The quantitative estimate of drug-likeness (QED) is 0.466. The maximum Gasteiger partial charge on any atom is 0.410 e. The lowest BCUT2D eigenvalue weighted by atomic mass is 10.0. The molecule has 3 aliphatic rings. The third-order valence-electron chi connectivity index (χ3n) is 7.87. The Bertz CT molecular complexity index is 1440. The monoisotopic (exact) mass is 553 g/mol. The third-order valence-corrected chi connectivity index (χ3v) is 7.87. The minimum atomic E-state index is -1.23. The molecule has 3 aliphatic heterocycles. The molecule has 2 bridgehead atoms. The van der Waals surface area contributed by atoms with Crippen LogP contribution in [0.5, 0.6) is 0 Å². The van der Waals surface area contributed by atoms with Crippen molar-refractivity contribution in [3.63, 3.8) is 0 Å². The molecule has 2 fully saturated rings. The number of hydrogen-bond donors (Lipinski definition) is 1. The summed E-state index contributed by atoms with van der Waals surface area (Å²) in [6, 6.07) is 21.2. The zero-order valence-electron chi connectivity index (χ0n) is 22.6. The molecular weight excluding hydrogens is 522 g/mol. The molecule has 0 unspecified atom stereocenters. The van der Waals surface area contributed by atoms with E-state index in [4.69, 9.17) is 9.47 Å². The first-order valence-corrected chi connectivity index (χ1v) is 13.8. The molecule has 0 radical (unpaired) electrons. The van der Waals surface area contributed by atoms with Gasteiger partial charge in [-0.2, -0.15) is 0 Å². The van der Waals surface area contributed by atoms with Gasteiger partial charge in [0.1, 0.15) is 6.61 Å². The summed E-state index contributed by atoms with van der Waals surface area (Å²) >= 11 is 0. The molecule has 6 rings (SSSR count). The van der Waals surface area contributed by atoms with Crippen molar-refractivity contribution in [2.24, 2.45) is 0 Å². The van der Waals surface area contributed by atoms with E-state index in [1.807, 2.05) is 91.0 Å². The maximum atomic E-state index is 14.6. The number of rotatable bonds is 4. The molecular formula is C32H31N3O6. The fraction of sp³-hybridized carbons (Fsp3) is 0.281. The predicted octanol–water partition coefficient (Wildman–Crippen LogP) is 4.82. The number of anilines is 2. The van der Waals surface area contributed by atoms with Crippen LogP contribution in [0.2, 0.25) is 0 Å². The number of carbonyl (C=O) groups excluding carboxylic acids is 3. The van der Waals surface area contributed by atoms with Gasteiger partial charge in [0.2, 0.25) is 0 Å². The Labute approximate surface area is 238 Å². The maximum absolute atomic E-state index is 14.6. The van der Waals surface area contributed by atoms with Gasteiger partial charge >= 0.3 is 18.1 Å². The second kappa shape index (κ2) is 11.1. The summed E-state index contributed by atoms with van der Waals surface area (Å²) < 4.78 is 11.0. The Balaban J connectivity index is 1.36. The number of likely N-dealkylation sites (tertiary alicyclic amines) is 1. The molecule has 0 aromatic heterocycles. The minimum Gasteiger partial charge on any atom is -0.464 e. The van der Waals surface area contributed by atoms with Crippen LogP contribution in [-0.2, 0) is 20.9 Å². The van der Waals surface area contributed by atoms with E-state index in [1.165, 1.54) is 9.80 Å². The summed E-state index contributed by atoms with van der Waals surface area (Å²) in [5, 5.41) is 11.1. The second-order valence-electron chi connectivity index (χ2n) is 10.3. The first-order chi connectivity index (χ1) is 20.0. The molecule has 4 atom stereocenters. The van der Waals surface area contributed by atoms with E-state index in [1.54, 1.807) is 11.8 Å². The van der Waals surface area contributed by atoms with E-state index in [-0.39, 0.29) is 26.2 Å². The summed E-state index contributed by atoms with van der Waals surface area (Å²) in [5.74, 6) is -0.680. The Kier molecular flexibility index (Phi) is 7.19. The highest BCUT2D eigenvalue weighted by Crippen LogP contribution is 2.41. The first-order valence-electron chi connectivity index (χ1n) is 13.8. The summed E-state index contributed by atoms with van der Waals surface area (Å²) in [6.07, 6.45) is 2.44. The number of nitrogens with zero attached hydrogens (tertiary/aromatic N) is 3. The molecule has 41 heavy (non-hydrogen) atoms. The van der Waals surface area contributed by atoms with E-state index in [0.29, 0.717) is 11.4 Å². The summed E-state index contributed by atoms with van der Waals surface area (Å²) in [5.41, 5.74) is 3.83. The van der Waals surface area contributed by atoms with E-state index in [9.17, 15) is 19.5 Å². The minimum absolute atomic E-state index is 0.0323. The molecule has 0 spiro atoms. The Morgan fingerprint density at radius 2 is 1.46 bits per heavy atom. The fourth-order valence-electron chi connectivity index (χ4n) is 6.07. The van der Waals surface area contributed by atoms with Crippen molar-refractivity contribution in [3.05, 3.63) is 95.6 Å². The molecule has 3 heterocycles. The molecule has 3 aromatic carbocycles. The fourth-order valence-corrected chi connectivity index (χ4v) is 6.07. The second-order valence-corrected chi connectivity index (χ2v) is 10.3. The molecule has 0 saturated carbocycles. The molecule has 3 aromatic rings. The number of esters is 1. The van der Waals surface area contributed by atoms with E-state index >= 15 is 0 Å². The van der Waals surface area contributed by atoms with Gasteiger partial charge in [-0.05, 0) is 42.2 Å². The lowest BCUT2D eigenvalue weighted by Gasteiger charge is -2.46. The molecule has 9 heteroatoms. The SMILES string of the molecule is CCOC(=O)[C@@H]1[C@@H]2[C@@H](O)C[C@H](CN1C(=O)N1c3ccccc3C=Cc3ccccc31)N2C(=O)OCc1ccccc1. The third kappa shape index (κ3) is 4.82. The van der Waals surface area contributed by atoms with Gasteiger partial charge in [-0.25, -0.2) is 14.4 Å². The molecule has 3 amide bonds. The number of aliphatic hydroxyl groups is 1. The van der Waals surface area contributed by atoms with Crippen LogP contribution in [0.1, 0.15) is 30.0 Å². The van der Waals surface area contributed by atoms with Crippen molar-refractivity contribution in [1.82, 2.24) is 9.80 Å². The summed E-state index contributed by atoms with van der Waals surface area (Å²) in [4.78, 5) is 45.9. The van der Waals surface area contributed by atoms with Gasteiger partial charge in [0.05, 0.1) is 36.2 Å². The van der Waals surface area contributed by atoms with Crippen LogP contribution >= 0.6 is 0 Å². The van der Waals surface area contributed by atoms with Crippen LogP contribution in [0.15, 0.2) is 78.9 Å². The highest BCUT2D eigenvalue weighted by molar-refractivity contribution is 6.06. The molecule has 0 aliphatic carbocycles. The number of hydrogen-bond acceptors (Lipinski definition) is 6. The lowest BCUT2D eigenvalue weighted by Crippen LogP contribution is -2.68. The highest BCUT2D eigenvalue weighted by Gasteiger charge is 2.58. The van der Waals surface area contributed by atoms with Crippen LogP contribution in [0.25, 0.3) is 12.2 Å². The summed E-state index contributed by atoms with van der Waals surface area (Å²) in [6.45, 7) is 1.85. The number of benzene rings is 3. The Morgan fingerprint density at radius 1 is 0.854 bits per heavy atom. The van der Waals surface area contributed by atoms with Crippen molar-refractivity contribution in [2.45, 2.75) is 44.2 Å². The van der Waals surface area contributed by atoms with Crippen LogP contribution in [-0.4, -0.2) is 70.4 Å². The Hall–Kier alpha value is -4.63. The zero-order chi connectivity index (χ0) is 28.5. The van der Waals surface area contributed by atoms with Gasteiger partial charge < -0.3 is 19.5 Å². The van der Waals surface area contributed by atoms with E-state index < -0.39 is 42.3 Å².